The first-order valence-electron chi connectivity index (χ1n) is 14.1. The van der Waals surface area contributed by atoms with Crippen LogP contribution in [0.3, 0.4) is 0 Å². The minimum Gasteiger partial charge on any atom is -0.482 e. The predicted octanol–water partition coefficient (Wildman–Crippen LogP) is 6.14. The van der Waals surface area contributed by atoms with Crippen LogP contribution in [0.2, 0.25) is 0 Å². The lowest BCUT2D eigenvalue weighted by Crippen LogP contribution is -2.40. The van der Waals surface area contributed by atoms with E-state index in [1.54, 1.807) is 23.0 Å². The molecular weight excluding hydrogens is 508 g/mol. The third-order valence-corrected chi connectivity index (χ3v) is 7.28. The number of fused-ring (bicyclic) bond motifs is 1. The second-order valence-corrected chi connectivity index (χ2v) is 11.3. The van der Waals surface area contributed by atoms with E-state index in [9.17, 15) is 9.59 Å². The zero-order valence-corrected chi connectivity index (χ0v) is 24.6. The van der Waals surface area contributed by atoms with Crippen molar-refractivity contribution in [3.8, 4) is 11.5 Å². The number of carbonyl (C=O) groups is 2. The normalized spacial score (nSPS) is 18.8. The van der Waals surface area contributed by atoms with Crippen molar-refractivity contribution in [3.63, 3.8) is 0 Å². The molecule has 2 aromatic carbocycles. The Bertz CT molecular complexity index is 1250. The molecule has 8 heteroatoms. The first-order chi connectivity index (χ1) is 19.1. The number of nitrogens with zero attached hydrogens (tertiary/aromatic N) is 2. The largest absolute Gasteiger partial charge is 0.482 e. The van der Waals surface area contributed by atoms with E-state index in [0.717, 1.165) is 35.3 Å². The molecule has 2 aromatic rings. The third-order valence-electron chi connectivity index (χ3n) is 7.28. The van der Waals surface area contributed by atoms with Gasteiger partial charge < -0.3 is 28.7 Å². The van der Waals surface area contributed by atoms with Gasteiger partial charge in [0, 0.05) is 56.4 Å². The van der Waals surface area contributed by atoms with Crippen LogP contribution in [-0.4, -0.2) is 73.1 Å². The molecular formula is C32H42N2O6. The predicted molar refractivity (Wildman–Crippen MR) is 155 cm³/mol. The van der Waals surface area contributed by atoms with Gasteiger partial charge in [-0.3, -0.25) is 4.79 Å². The Morgan fingerprint density at radius 2 is 1.77 bits per heavy atom. The Balaban J connectivity index is 1.73. The van der Waals surface area contributed by atoms with Gasteiger partial charge in [0.25, 0.3) is 5.91 Å². The lowest BCUT2D eigenvalue weighted by Gasteiger charge is -2.37. The second-order valence-electron chi connectivity index (χ2n) is 11.3. The van der Waals surface area contributed by atoms with Crippen LogP contribution in [0.1, 0.15) is 75.4 Å². The number of hydrogen-bond acceptors (Lipinski definition) is 6. The Morgan fingerprint density at radius 3 is 2.48 bits per heavy atom. The van der Waals surface area contributed by atoms with Crippen LogP contribution in [0.15, 0.2) is 48.5 Å². The van der Waals surface area contributed by atoms with E-state index >= 15 is 0 Å². The Morgan fingerprint density at radius 1 is 1.02 bits per heavy atom. The number of amides is 2. The third kappa shape index (κ3) is 6.61. The lowest BCUT2D eigenvalue weighted by atomic mass is 9.84. The fourth-order valence-electron chi connectivity index (χ4n) is 5.29. The maximum Gasteiger partial charge on any atom is 0.410 e. The van der Waals surface area contributed by atoms with E-state index < -0.39 is 11.2 Å². The van der Waals surface area contributed by atoms with E-state index in [2.05, 4.69) is 6.08 Å². The summed E-state index contributed by atoms with van der Waals surface area (Å²) in [6.45, 7) is 12.0. The standard InChI is InChI=1S/C32H42N2O6/c1-7-33(8-2)29(35)23-14-15-25(28(20-23)38-22-37-6)26-21-32(39-27-13-10-9-12-24(26)27)16-11-18-34(19-17-32)30(36)40-31(3,4)5/h9-10,12-15,20-21H,7-8,11,16-19,22H2,1-6H3. The molecule has 0 N–H and O–H groups in total. The van der Waals surface area contributed by atoms with E-state index in [0.29, 0.717) is 43.9 Å². The van der Waals surface area contributed by atoms with Gasteiger partial charge in [-0.15, -0.1) is 0 Å². The zero-order valence-electron chi connectivity index (χ0n) is 24.6. The van der Waals surface area contributed by atoms with Crippen molar-refractivity contribution in [2.75, 3.05) is 40.1 Å². The summed E-state index contributed by atoms with van der Waals surface area (Å²) < 4.78 is 23.6. The van der Waals surface area contributed by atoms with E-state index in [1.807, 2.05) is 71.0 Å². The number of hydrogen-bond donors (Lipinski definition) is 0. The maximum atomic E-state index is 13.1. The number of ether oxygens (including phenoxy) is 4. The van der Waals surface area contributed by atoms with Crippen molar-refractivity contribution >= 4 is 17.6 Å². The van der Waals surface area contributed by atoms with Gasteiger partial charge in [-0.25, -0.2) is 4.79 Å². The highest BCUT2D eigenvalue weighted by Gasteiger charge is 2.39. The fourth-order valence-corrected chi connectivity index (χ4v) is 5.29. The topological polar surface area (TPSA) is 77.5 Å². The summed E-state index contributed by atoms with van der Waals surface area (Å²) in [4.78, 5) is 29.5. The van der Waals surface area contributed by atoms with Gasteiger partial charge in [-0.05, 0) is 83.4 Å². The minimum absolute atomic E-state index is 0.0392. The van der Waals surface area contributed by atoms with Crippen LogP contribution in [0, 0.1) is 0 Å². The molecule has 1 spiro atoms. The summed E-state index contributed by atoms with van der Waals surface area (Å²) in [7, 11) is 1.57. The van der Waals surface area contributed by atoms with Gasteiger partial charge >= 0.3 is 6.09 Å². The van der Waals surface area contributed by atoms with Crippen molar-refractivity contribution in [1.29, 1.82) is 0 Å². The molecule has 216 valence electrons. The molecule has 0 aliphatic carbocycles. The molecule has 0 saturated carbocycles. The average Bonchev–Trinajstić information content (AvgIpc) is 3.13. The summed E-state index contributed by atoms with van der Waals surface area (Å²) in [5, 5.41) is 0. The lowest BCUT2D eigenvalue weighted by molar-refractivity contribution is 0.0243. The van der Waals surface area contributed by atoms with Crippen LogP contribution in [0.5, 0.6) is 11.5 Å². The van der Waals surface area contributed by atoms with E-state index in [1.165, 1.54) is 0 Å². The molecule has 1 fully saturated rings. The second kappa shape index (κ2) is 12.3. The van der Waals surface area contributed by atoms with Crippen LogP contribution in [0.4, 0.5) is 4.79 Å². The van der Waals surface area contributed by atoms with Gasteiger partial charge in [0.05, 0.1) is 0 Å². The fraction of sp³-hybridized carbons (Fsp3) is 0.500. The van der Waals surface area contributed by atoms with Gasteiger partial charge in [0.15, 0.2) is 6.79 Å². The molecule has 2 heterocycles. The van der Waals surface area contributed by atoms with Crippen LogP contribution >= 0.6 is 0 Å². The van der Waals surface area contributed by atoms with Crippen molar-refractivity contribution < 1.29 is 28.5 Å². The van der Waals surface area contributed by atoms with Crippen molar-refractivity contribution in [1.82, 2.24) is 9.80 Å². The molecule has 2 amide bonds. The monoisotopic (exact) mass is 550 g/mol. The van der Waals surface area contributed by atoms with E-state index in [4.69, 9.17) is 18.9 Å². The van der Waals surface area contributed by atoms with E-state index in [-0.39, 0.29) is 18.8 Å². The molecule has 0 aromatic heterocycles. The first kappa shape index (κ1) is 29.5. The van der Waals surface area contributed by atoms with Crippen LogP contribution < -0.4 is 9.47 Å². The molecule has 2 aliphatic rings. The summed E-state index contributed by atoms with van der Waals surface area (Å²) in [5.41, 5.74) is 2.20. The summed E-state index contributed by atoms with van der Waals surface area (Å²) in [6, 6.07) is 13.6. The number of benzene rings is 2. The summed E-state index contributed by atoms with van der Waals surface area (Å²) in [6.07, 6.45) is 4.02. The van der Waals surface area contributed by atoms with Gasteiger partial charge in [0.1, 0.15) is 22.7 Å². The minimum atomic E-state index is -0.602. The van der Waals surface area contributed by atoms with Crippen molar-refractivity contribution in [3.05, 3.63) is 65.2 Å². The van der Waals surface area contributed by atoms with Gasteiger partial charge in [-0.2, -0.15) is 0 Å². The maximum absolute atomic E-state index is 13.1. The molecule has 1 atom stereocenters. The highest BCUT2D eigenvalue weighted by molar-refractivity contribution is 5.96. The average molecular weight is 551 g/mol. The number of methoxy groups -OCH3 is 1. The van der Waals surface area contributed by atoms with Crippen LogP contribution in [-0.2, 0) is 9.47 Å². The van der Waals surface area contributed by atoms with Gasteiger partial charge in [-0.1, -0.05) is 18.2 Å². The smallest absolute Gasteiger partial charge is 0.410 e. The SMILES string of the molecule is CCN(CC)C(=O)c1ccc(C2=CC3(CCCN(C(=O)OC(C)(C)C)CC3)Oc3ccccc32)c(OCOC)c1. The highest BCUT2D eigenvalue weighted by atomic mass is 16.7. The van der Waals surface area contributed by atoms with Crippen molar-refractivity contribution in [2.24, 2.45) is 0 Å². The molecule has 0 bridgehead atoms. The molecule has 0 radical (unpaired) electrons. The number of rotatable bonds is 7. The highest BCUT2D eigenvalue weighted by Crippen LogP contribution is 2.45. The summed E-state index contributed by atoms with van der Waals surface area (Å²) >= 11 is 0. The van der Waals surface area contributed by atoms with Gasteiger partial charge in [0.2, 0.25) is 0 Å². The zero-order chi connectivity index (χ0) is 28.9. The Kier molecular flexibility index (Phi) is 9.08. The quantitative estimate of drug-likeness (QED) is 0.386. The van der Waals surface area contributed by atoms with Crippen LogP contribution in [0.25, 0.3) is 5.57 Å². The number of para-hydroxylation sites is 1. The first-order valence-corrected chi connectivity index (χ1v) is 14.1. The molecule has 2 aliphatic heterocycles. The Labute approximate surface area is 237 Å². The molecule has 8 nitrogen and oxygen atoms in total. The number of likely N-dealkylation sites (tertiary alicyclic amines) is 1. The summed E-state index contributed by atoms with van der Waals surface area (Å²) in [5.74, 6) is 1.32. The molecule has 40 heavy (non-hydrogen) atoms. The Hall–Kier alpha value is -3.52. The molecule has 4 rings (SSSR count). The molecule has 1 saturated heterocycles. The number of carbonyl (C=O) groups excluding carboxylic acids is 2. The van der Waals surface area contributed by atoms with Crippen molar-refractivity contribution in [2.45, 2.75) is 65.1 Å². The molecule has 1 unspecified atom stereocenters.